The van der Waals surface area contributed by atoms with Crippen molar-refractivity contribution >= 4 is 39.8 Å². The van der Waals surface area contributed by atoms with Crippen LogP contribution in [0.1, 0.15) is 11.6 Å². The highest BCUT2D eigenvalue weighted by Gasteiger charge is 2.47. The molecule has 1 saturated heterocycles. The molecule has 0 bridgehead atoms. The van der Waals surface area contributed by atoms with Crippen LogP contribution < -0.4 is 5.73 Å². The molecular weight excluding hydrogens is 476 g/mol. The van der Waals surface area contributed by atoms with Gasteiger partial charge in [-0.2, -0.15) is 5.26 Å². The van der Waals surface area contributed by atoms with Crippen LogP contribution in [0.15, 0.2) is 34.7 Å². The zero-order valence-electron chi connectivity index (χ0n) is 16.7. The molecule has 1 aliphatic rings. The number of hydrogen-bond acceptors (Lipinski definition) is 11. The van der Waals surface area contributed by atoms with Crippen molar-refractivity contribution in [2.75, 3.05) is 19.5 Å². The smallest absolute Gasteiger partial charge is 0.180 e. The van der Waals surface area contributed by atoms with E-state index in [2.05, 4.69) is 21.4 Å². The first kappa shape index (κ1) is 22.9. The van der Waals surface area contributed by atoms with Gasteiger partial charge >= 0.3 is 0 Å². The fourth-order valence-electron chi connectivity index (χ4n) is 3.47. The fraction of sp³-hybridized carbons (Fsp3) is 0.368. The van der Waals surface area contributed by atoms with Crippen molar-refractivity contribution in [1.29, 1.82) is 5.26 Å². The maximum absolute atomic E-state index is 10.9. The highest BCUT2D eigenvalue weighted by molar-refractivity contribution is 7.99. The molecule has 5 atom stereocenters. The van der Waals surface area contributed by atoms with E-state index in [1.807, 2.05) is 0 Å². The van der Waals surface area contributed by atoms with Gasteiger partial charge in [-0.15, -0.1) is 16.4 Å². The molecule has 0 saturated carbocycles. The van der Waals surface area contributed by atoms with Crippen LogP contribution in [0.2, 0.25) is 5.02 Å². The second kappa shape index (κ2) is 9.72. The lowest BCUT2D eigenvalue weighted by molar-refractivity contribution is -0.186. The molecule has 168 valence electrons. The molecule has 2 aromatic heterocycles. The quantitative estimate of drug-likeness (QED) is 0.463. The predicted octanol–water partition coefficient (Wildman–Crippen LogP) is 1.94. The van der Waals surface area contributed by atoms with E-state index in [9.17, 15) is 15.5 Å². The van der Waals surface area contributed by atoms with E-state index >= 15 is 0 Å². The first-order valence-corrected chi connectivity index (χ1v) is 11.6. The van der Waals surface area contributed by atoms with Crippen LogP contribution in [0.4, 0.5) is 5.13 Å². The van der Waals surface area contributed by atoms with Crippen molar-refractivity contribution in [1.82, 2.24) is 20.0 Å². The summed E-state index contributed by atoms with van der Waals surface area (Å²) in [7, 11) is 1.49. The van der Waals surface area contributed by atoms with Gasteiger partial charge in [-0.05, 0) is 18.2 Å². The molecule has 1 aromatic carbocycles. The molecule has 3 aromatic rings. The normalized spacial score (nSPS) is 25.5. The molecule has 0 amide bonds. The molecule has 0 radical (unpaired) electrons. The highest BCUT2D eigenvalue weighted by atomic mass is 35.5. The molecule has 3 heterocycles. The number of aromatic nitrogens is 4. The molecular formula is C19H19ClN6O4S2. The van der Waals surface area contributed by atoms with Crippen molar-refractivity contribution in [2.24, 2.45) is 0 Å². The topological polar surface area (TPSA) is 152 Å². The number of nitrogens with two attached hydrogens (primary N) is 1. The van der Waals surface area contributed by atoms with E-state index < -0.39 is 36.4 Å². The van der Waals surface area contributed by atoms with Crippen LogP contribution in [0, 0.1) is 11.3 Å². The van der Waals surface area contributed by atoms with Gasteiger partial charge in [0.1, 0.15) is 47.2 Å². The van der Waals surface area contributed by atoms with Gasteiger partial charge in [0, 0.05) is 22.4 Å². The van der Waals surface area contributed by atoms with Gasteiger partial charge < -0.3 is 25.4 Å². The van der Waals surface area contributed by atoms with Gasteiger partial charge in [-0.25, -0.2) is 9.67 Å². The van der Waals surface area contributed by atoms with E-state index in [0.29, 0.717) is 32.0 Å². The van der Waals surface area contributed by atoms with Crippen LogP contribution in [0.5, 0.6) is 0 Å². The number of aliphatic hydroxyl groups is 2. The number of anilines is 1. The number of methoxy groups -OCH3 is 1. The molecule has 0 aliphatic carbocycles. The molecule has 1 aliphatic heterocycles. The number of nitrogens with zero attached hydrogens (tertiary/aromatic N) is 5. The number of nitriles is 1. The molecule has 5 unspecified atom stereocenters. The monoisotopic (exact) mass is 494 g/mol. The Hall–Kier alpha value is -2.24. The number of hydrogen-bond donors (Lipinski definition) is 3. The van der Waals surface area contributed by atoms with Crippen molar-refractivity contribution in [3.8, 4) is 17.5 Å². The number of rotatable bonds is 6. The van der Waals surface area contributed by atoms with E-state index in [1.54, 1.807) is 29.8 Å². The zero-order chi connectivity index (χ0) is 22.8. The van der Waals surface area contributed by atoms with Crippen molar-refractivity contribution in [3.63, 3.8) is 0 Å². The molecule has 0 spiro atoms. The Bertz CT molecular complexity index is 1140. The molecule has 4 rings (SSSR count). The van der Waals surface area contributed by atoms with Gasteiger partial charge in [-0.1, -0.05) is 28.6 Å². The number of thioether (sulfide) groups is 1. The van der Waals surface area contributed by atoms with E-state index in [4.69, 9.17) is 26.8 Å². The standard InChI is InChI=1S/C19H19ClN6O4S2/c1-29-17-15(26-6-11(24-25-26)12-8-31-19(22)23-12)16(28)13(7-27)30-18(17)32-14-4-10(20)3-2-9(14)5-21/h2-4,6,8,13,15-18,27-28H,7H2,1H3,(H2,22,23). The Kier molecular flexibility index (Phi) is 6.96. The van der Waals surface area contributed by atoms with Gasteiger partial charge in [-0.3, -0.25) is 0 Å². The summed E-state index contributed by atoms with van der Waals surface area (Å²) in [4.78, 5) is 4.80. The lowest BCUT2D eigenvalue weighted by Gasteiger charge is -2.43. The minimum absolute atomic E-state index is 0.405. The minimum Gasteiger partial charge on any atom is -0.394 e. The predicted molar refractivity (Wildman–Crippen MR) is 119 cm³/mol. The number of aliphatic hydroxyl groups excluding tert-OH is 2. The number of thiazole rings is 1. The zero-order valence-corrected chi connectivity index (χ0v) is 19.1. The fourth-order valence-corrected chi connectivity index (χ4v) is 5.55. The highest BCUT2D eigenvalue weighted by Crippen LogP contribution is 2.41. The summed E-state index contributed by atoms with van der Waals surface area (Å²) < 4.78 is 13.1. The molecule has 32 heavy (non-hydrogen) atoms. The summed E-state index contributed by atoms with van der Waals surface area (Å²) >= 11 is 8.62. The SMILES string of the molecule is COC1C(Sc2cc(Cl)ccc2C#N)OC(CO)C(O)C1n1cc(-c2csc(N)n2)nn1. The Morgan fingerprint density at radius 2 is 2.25 bits per heavy atom. The molecule has 4 N–H and O–H groups in total. The number of ether oxygens (including phenoxy) is 2. The molecule has 13 heteroatoms. The largest absolute Gasteiger partial charge is 0.394 e. The second-order valence-electron chi connectivity index (χ2n) is 6.93. The van der Waals surface area contributed by atoms with Crippen LogP contribution >= 0.6 is 34.7 Å². The van der Waals surface area contributed by atoms with Crippen LogP contribution in [-0.4, -0.2) is 67.7 Å². The van der Waals surface area contributed by atoms with Crippen LogP contribution in [0.3, 0.4) is 0 Å². The molecule has 10 nitrogen and oxygen atoms in total. The van der Waals surface area contributed by atoms with Crippen molar-refractivity contribution < 1.29 is 19.7 Å². The van der Waals surface area contributed by atoms with Crippen LogP contribution in [0.25, 0.3) is 11.4 Å². The van der Waals surface area contributed by atoms with Crippen LogP contribution in [-0.2, 0) is 9.47 Å². The van der Waals surface area contributed by atoms with Crippen molar-refractivity contribution in [2.45, 2.75) is 34.7 Å². The Balaban J connectivity index is 1.68. The third kappa shape index (κ3) is 4.46. The lowest BCUT2D eigenvalue weighted by atomic mass is 9.97. The van der Waals surface area contributed by atoms with E-state index in [1.165, 1.54) is 34.9 Å². The first-order valence-electron chi connectivity index (χ1n) is 9.41. The number of nitrogen functional groups attached to an aromatic ring is 1. The third-order valence-corrected chi connectivity index (χ3v) is 7.12. The van der Waals surface area contributed by atoms with Gasteiger partial charge in [0.25, 0.3) is 0 Å². The minimum atomic E-state index is -1.13. The average molecular weight is 495 g/mol. The summed E-state index contributed by atoms with van der Waals surface area (Å²) in [6.07, 6.45) is -1.10. The Labute approximate surface area is 196 Å². The van der Waals surface area contributed by atoms with E-state index in [0.717, 1.165) is 0 Å². The lowest BCUT2D eigenvalue weighted by Crippen LogP contribution is -2.55. The maximum atomic E-state index is 10.9. The average Bonchev–Trinajstić information content (AvgIpc) is 3.43. The Morgan fingerprint density at radius 1 is 1.44 bits per heavy atom. The summed E-state index contributed by atoms with van der Waals surface area (Å²) in [6, 6.07) is 6.31. The summed E-state index contributed by atoms with van der Waals surface area (Å²) in [6.45, 7) is -0.421. The summed E-state index contributed by atoms with van der Waals surface area (Å²) in [5.41, 5.74) is 6.50. The van der Waals surface area contributed by atoms with E-state index in [-0.39, 0.29) is 0 Å². The summed E-state index contributed by atoms with van der Waals surface area (Å²) in [5.74, 6) is 0. The summed E-state index contributed by atoms with van der Waals surface area (Å²) in [5, 5.41) is 41.1. The van der Waals surface area contributed by atoms with Gasteiger partial charge in [0.2, 0.25) is 0 Å². The first-order chi connectivity index (χ1) is 15.4. The van der Waals surface area contributed by atoms with Gasteiger partial charge in [0.05, 0.1) is 18.4 Å². The number of benzene rings is 1. The second-order valence-corrected chi connectivity index (χ2v) is 9.40. The Morgan fingerprint density at radius 3 is 2.91 bits per heavy atom. The van der Waals surface area contributed by atoms with Gasteiger partial charge in [0.15, 0.2) is 5.13 Å². The maximum Gasteiger partial charge on any atom is 0.180 e. The number of halogens is 1. The molecule has 1 fully saturated rings. The van der Waals surface area contributed by atoms with Crippen molar-refractivity contribution in [3.05, 3.63) is 40.4 Å². The third-order valence-electron chi connectivity index (χ3n) is 5.00.